The number of anilines is 2. The van der Waals surface area contributed by atoms with Gasteiger partial charge in [-0.2, -0.15) is 0 Å². The van der Waals surface area contributed by atoms with Crippen LogP contribution in [0.25, 0.3) is 0 Å². The van der Waals surface area contributed by atoms with Crippen LogP contribution in [0.4, 0.5) is 20.6 Å². The Hall–Kier alpha value is -3.09. The number of fused-ring (bicyclic) bond motifs is 1. The number of halogens is 2. The van der Waals surface area contributed by atoms with Gasteiger partial charge in [-0.1, -0.05) is 11.6 Å². The van der Waals surface area contributed by atoms with Crippen LogP contribution >= 0.6 is 11.6 Å². The second-order valence-electron chi connectivity index (χ2n) is 8.71. The van der Waals surface area contributed by atoms with Crippen molar-refractivity contribution >= 4 is 45.0 Å². The van der Waals surface area contributed by atoms with Crippen molar-refractivity contribution in [3.63, 3.8) is 0 Å². The largest absolute Gasteiger partial charge is 0.484 e. The molecule has 2 aliphatic rings. The van der Waals surface area contributed by atoms with E-state index >= 15 is 0 Å². The third-order valence-electron chi connectivity index (χ3n) is 6.06. The number of sulfonamides is 1. The summed E-state index contributed by atoms with van der Waals surface area (Å²) in [7, 11) is -4.27. The topological polar surface area (TPSA) is 134 Å². The van der Waals surface area contributed by atoms with Crippen LogP contribution in [0.1, 0.15) is 26.2 Å². The second-order valence-corrected chi connectivity index (χ2v) is 11.0. The minimum atomic E-state index is -4.27. The van der Waals surface area contributed by atoms with Gasteiger partial charge in [-0.05, 0) is 62.6 Å². The lowest BCUT2D eigenvalue weighted by atomic mass is 9.95. The fourth-order valence-corrected chi connectivity index (χ4v) is 5.89. The number of nitrogens with zero attached hydrogens (tertiary/aromatic N) is 1. The zero-order valence-corrected chi connectivity index (χ0v) is 20.9. The summed E-state index contributed by atoms with van der Waals surface area (Å²) in [6.07, 6.45) is 0.196. The van der Waals surface area contributed by atoms with Crippen molar-refractivity contribution in [3.05, 3.63) is 47.2 Å². The molecule has 1 fully saturated rings. The van der Waals surface area contributed by atoms with Gasteiger partial charge in [0, 0.05) is 12.3 Å². The SMILES string of the molecule is CC1(C(=O)NC[C@H]2CN(S(=O)(=O)c3ccc(F)c(Cl)c3)c3cc(NC(=O)O)ccc3O2)CCCCO1. The van der Waals surface area contributed by atoms with E-state index in [1.165, 1.54) is 18.2 Å². The maximum absolute atomic E-state index is 13.7. The third kappa shape index (κ3) is 5.35. The molecule has 1 unspecified atom stereocenters. The summed E-state index contributed by atoms with van der Waals surface area (Å²) in [6.45, 7) is 1.97. The zero-order valence-electron chi connectivity index (χ0n) is 19.3. The summed E-state index contributed by atoms with van der Waals surface area (Å²) in [5.74, 6) is -0.935. The summed E-state index contributed by atoms with van der Waals surface area (Å²) < 4.78 is 53.5. The maximum Gasteiger partial charge on any atom is 0.409 e. The van der Waals surface area contributed by atoms with E-state index in [0.717, 1.165) is 35.3 Å². The number of carbonyl (C=O) groups is 2. The highest BCUT2D eigenvalue weighted by Crippen LogP contribution is 2.39. The number of hydrogen-bond acceptors (Lipinski definition) is 6. The van der Waals surface area contributed by atoms with Gasteiger partial charge in [-0.15, -0.1) is 0 Å². The predicted octanol–water partition coefficient (Wildman–Crippen LogP) is 3.60. The van der Waals surface area contributed by atoms with E-state index in [4.69, 9.17) is 26.2 Å². The molecule has 2 amide bonds. The second kappa shape index (κ2) is 10.1. The quantitative estimate of drug-likeness (QED) is 0.508. The fraction of sp³-hybridized carbons (Fsp3) is 0.391. The Balaban J connectivity index is 1.63. The predicted molar refractivity (Wildman–Crippen MR) is 130 cm³/mol. The summed E-state index contributed by atoms with van der Waals surface area (Å²) in [6, 6.07) is 7.20. The summed E-state index contributed by atoms with van der Waals surface area (Å²) in [4.78, 5) is 23.6. The molecule has 2 aromatic rings. The van der Waals surface area contributed by atoms with Gasteiger partial charge in [-0.25, -0.2) is 17.6 Å². The lowest BCUT2D eigenvalue weighted by Crippen LogP contribution is -2.53. The van der Waals surface area contributed by atoms with Crippen LogP contribution < -0.4 is 19.7 Å². The Morgan fingerprint density at radius 3 is 2.69 bits per heavy atom. The molecule has 0 aromatic heterocycles. The molecule has 2 aromatic carbocycles. The van der Waals surface area contributed by atoms with Crippen molar-refractivity contribution in [2.45, 2.75) is 42.8 Å². The van der Waals surface area contributed by atoms with Crippen LogP contribution in [-0.4, -0.2) is 56.9 Å². The molecule has 10 nitrogen and oxygen atoms in total. The van der Waals surface area contributed by atoms with E-state index in [-0.39, 0.29) is 46.0 Å². The average molecular weight is 542 g/mol. The molecule has 36 heavy (non-hydrogen) atoms. The van der Waals surface area contributed by atoms with Gasteiger partial charge in [-0.3, -0.25) is 14.4 Å². The minimum absolute atomic E-state index is 0.0114. The first-order valence-corrected chi connectivity index (χ1v) is 13.0. The van der Waals surface area contributed by atoms with Crippen molar-refractivity contribution in [1.82, 2.24) is 5.32 Å². The molecule has 1 saturated heterocycles. The average Bonchev–Trinajstić information content (AvgIpc) is 2.83. The molecule has 2 atom stereocenters. The molecule has 0 bridgehead atoms. The van der Waals surface area contributed by atoms with Gasteiger partial charge >= 0.3 is 6.09 Å². The Kier molecular flexibility index (Phi) is 7.30. The molecule has 4 rings (SSSR count). The van der Waals surface area contributed by atoms with Crippen LogP contribution in [0.15, 0.2) is 41.3 Å². The van der Waals surface area contributed by atoms with Crippen LogP contribution in [-0.2, 0) is 19.6 Å². The van der Waals surface area contributed by atoms with Gasteiger partial charge in [0.15, 0.2) is 0 Å². The number of carbonyl (C=O) groups excluding carboxylic acids is 1. The summed E-state index contributed by atoms with van der Waals surface area (Å²) >= 11 is 5.82. The number of amides is 2. The van der Waals surface area contributed by atoms with Crippen molar-refractivity contribution in [2.75, 3.05) is 29.3 Å². The number of rotatable bonds is 6. The molecular weight excluding hydrogens is 517 g/mol. The molecule has 194 valence electrons. The molecule has 2 aliphatic heterocycles. The van der Waals surface area contributed by atoms with Crippen LogP contribution in [0, 0.1) is 5.82 Å². The molecule has 13 heteroatoms. The lowest BCUT2D eigenvalue weighted by Gasteiger charge is -2.37. The van der Waals surface area contributed by atoms with Gasteiger partial charge in [0.2, 0.25) is 0 Å². The summed E-state index contributed by atoms with van der Waals surface area (Å²) in [5.41, 5.74) is -0.776. The van der Waals surface area contributed by atoms with Crippen molar-refractivity contribution in [3.8, 4) is 5.75 Å². The van der Waals surface area contributed by atoms with Gasteiger partial charge in [0.1, 0.15) is 23.3 Å². The smallest absolute Gasteiger partial charge is 0.409 e. The van der Waals surface area contributed by atoms with E-state index in [1.807, 2.05) is 0 Å². The zero-order chi connectivity index (χ0) is 26.1. The highest BCUT2D eigenvalue weighted by atomic mass is 35.5. The standard InChI is InChI=1S/C23H25ClFN3O7S/c1-23(8-2-3-9-34-23)21(29)26-12-15-13-28(36(32,33)16-5-6-18(25)17(24)11-16)19-10-14(27-22(30)31)4-7-20(19)35-15/h4-7,10-11,15,27H,2-3,8-9,12-13H2,1H3,(H,26,29)(H,30,31)/t15-,23?/m0/s1. The van der Waals surface area contributed by atoms with Crippen molar-refractivity contribution in [1.29, 1.82) is 0 Å². The summed E-state index contributed by atoms with van der Waals surface area (Å²) in [5, 5.41) is 13.6. The molecule has 0 aliphatic carbocycles. The van der Waals surface area contributed by atoms with E-state index in [0.29, 0.717) is 13.0 Å². The monoisotopic (exact) mass is 541 g/mol. The van der Waals surface area contributed by atoms with Crippen molar-refractivity contribution in [2.24, 2.45) is 0 Å². The first-order chi connectivity index (χ1) is 17.0. The Morgan fingerprint density at radius 2 is 2.03 bits per heavy atom. The van der Waals surface area contributed by atoms with E-state index in [9.17, 15) is 22.4 Å². The van der Waals surface area contributed by atoms with E-state index in [2.05, 4.69) is 10.6 Å². The molecular formula is C23H25ClFN3O7S. The number of ether oxygens (including phenoxy) is 2. The van der Waals surface area contributed by atoms with Crippen LogP contribution in [0.3, 0.4) is 0 Å². The molecule has 0 radical (unpaired) electrons. The number of benzene rings is 2. The first kappa shape index (κ1) is 26.0. The molecule has 0 spiro atoms. The Labute approximate surface area is 212 Å². The lowest BCUT2D eigenvalue weighted by molar-refractivity contribution is -0.150. The molecule has 0 saturated carbocycles. The number of nitrogens with one attached hydrogen (secondary N) is 2. The first-order valence-electron chi connectivity index (χ1n) is 11.2. The highest BCUT2D eigenvalue weighted by Gasteiger charge is 2.38. The third-order valence-corrected chi connectivity index (χ3v) is 8.13. The van der Waals surface area contributed by atoms with Gasteiger partial charge < -0.3 is 19.9 Å². The fourth-order valence-electron chi connectivity index (χ4n) is 4.12. The molecule has 3 N–H and O–H groups in total. The minimum Gasteiger partial charge on any atom is -0.484 e. The maximum atomic E-state index is 13.7. The van der Waals surface area contributed by atoms with Crippen LogP contribution in [0.5, 0.6) is 5.75 Å². The normalized spacial score (nSPS) is 21.8. The Morgan fingerprint density at radius 1 is 1.25 bits per heavy atom. The highest BCUT2D eigenvalue weighted by molar-refractivity contribution is 7.92. The van der Waals surface area contributed by atoms with Crippen LogP contribution in [0.2, 0.25) is 5.02 Å². The van der Waals surface area contributed by atoms with E-state index in [1.54, 1.807) is 6.92 Å². The Bertz CT molecular complexity index is 1280. The van der Waals surface area contributed by atoms with Crippen molar-refractivity contribution < 1.29 is 37.0 Å². The number of hydrogen-bond donors (Lipinski definition) is 3. The molecule has 2 heterocycles. The van der Waals surface area contributed by atoms with Gasteiger partial charge in [0.05, 0.1) is 28.7 Å². The number of carboxylic acid groups (broad SMARTS) is 1. The van der Waals surface area contributed by atoms with E-state index < -0.39 is 33.6 Å². The van der Waals surface area contributed by atoms with Gasteiger partial charge in [0.25, 0.3) is 15.9 Å².